The van der Waals surface area contributed by atoms with E-state index in [1.54, 1.807) is 0 Å². The van der Waals surface area contributed by atoms with E-state index in [4.69, 9.17) is 0 Å². The molecule has 0 aliphatic rings. The van der Waals surface area contributed by atoms with E-state index in [-0.39, 0.29) is 6.04 Å². The molecule has 1 atom stereocenters. The summed E-state index contributed by atoms with van der Waals surface area (Å²) in [5, 5.41) is 3.52. The fraction of sp³-hybridized carbons (Fsp3) is 0.312. The van der Waals surface area contributed by atoms with Gasteiger partial charge in [-0.15, -0.1) is 0 Å². The molecule has 0 amide bonds. The number of likely N-dealkylation sites (N-methyl/N-ethyl adjacent to an activating group) is 1. The van der Waals surface area contributed by atoms with Gasteiger partial charge < -0.3 is 5.32 Å². The molecule has 0 aliphatic carbocycles. The molecule has 0 fully saturated rings. The Hall–Kier alpha value is -1.19. The molecule has 0 bridgehead atoms. The number of rotatable bonds is 5. The van der Waals surface area contributed by atoms with Crippen LogP contribution in [0.5, 0.6) is 0 Å². The number of nitrogens with one attached hydrogen (secondary N) is 1. The first-order valence-electron chi connectivity index (χ1n) is 6.61. The minimum Gasteiger partial charge on any atom is -0.309 e. The number of halogens is 1. The largest absolute Gasteiger partial charge is 0.309 e. The van der Waals surface area contributed by atoms with Gasteiger partial charge in [-0.2, -0.15) is 0 Å². The van der Waals surface area contributed by atoms with Gasteiger partial charge in [0.05, 0.1) is 11.7 Å². The van der Waals surface area contributed by atoms with E-state index in [1.165, 1.54) is 5.56 Å². The number of aromatic nitrogens is 1. The molecule has 19 heavy (non-hydrogen) atoms. The maximum Gasteiger partial charge on any atom is 0.0579 e. The molecule has 1 N–H and O–H groups in total. The van der Waals surface area contributed by atoms with Crippen LogP contribution in [-0.4, -0.2) is 11.5 Å². The predicted octanol–water partition coefficient (Wildman–Crippen LogP) is 4.05. The van der Waals surface area contributed by atoms with Crippen LogP contribution >= 0.6 is 15.9 Å². The fourth-order valence-electron chi connectivity index (χ4n) is 2.17. The number of aryl methyl sites for hydroxylation is 1. The molecule has 1 aromatic carbocycles. The van der Waals surface area contributed by atoms with Crippen LogP contribution in [-0.2, 0) is 6.42 Å². The molecule has 0 radical (unpaired) electrons. The first-order valence-corrected chi connectivity index (χ1v) is 7.40. The van der Waals surface area contributed by atoms with E-state index in [1.807, 2.05) is 19.1 Å². The number of hydrogen-bond donors (Lipinski definition) is 1. The van der Waals surface area contributed by atoms with Crippen LogP contribution in [0, 0.1) is 6.92 Å². The number of nitrogens with zero attached hydrogens (tertiary/aromatic N) is 1. The van der Waals surface area contributed by atoms with E-state index >= 15 is 0 Å². The van der Waals surface area contributed by atoms with Crippen LogP contribution in [0.4, 0.5) is 0 Å². The zero-order valence-corrected chi connectivity index (χ0v) is 12.9. The minimum absolute atomic E-state index is 0.253. The van der Waals surface area contributed by atoms with Crippen LogP contribution in [0.25, 0.3) is 0 Å². The quantitative estimate of drug-likeness (QED) is 0.899. The molecular weight excluding hydrogens is 300 g/mol. The molecule has 1 heterocycles. The van der Waals surface area contributed by atoms with Crippen molar-refractivity contribution < 1.29 is 0 Å². The van der Waals surface area contributed by atoms with Crippen LogP contribution in [0.1, 0.15) is 29.9 Å². The lowest BCUT2D eigenvalue weighted by Gasteiger charge is -2.18. The number of benzene rings is 1. The van der Waals surface area contributed by atoms with Gasteiger partial charge in [-0.25, -0.2) is 0 Å². The van der Waals surface area contributed by atoms with Crippen molar-refractivity contribution >= 4 is 15.9 Å². The van der Waals surface area contributed by atoms with Gasteiger partial charge >= 0.3 is 0 Å². The van der Waals surface area contributed by atoms with Gasteiger partial charge in [-0.05, 0) is 43.7 Å². The van der Waals surface area contributed by atoms with Crippen molar-refractivity contribution in [2.75, 3.05) is 6.54 Å². The summed E-state index contributed by atoms with van der Waals surface area (Å²) in [4.78, 5) is 4.64. The summed E-state index contributed by atoms with van der Waals surface area (Å²) in [5.41, 5.74) is 3.47. The second kappa shape index (κ2) is 6.83. The van der Waals surface area contributed by atoms with Gasteiger partial charge in [0, 0.05) is 10.2 Å². The van der Waals surface area contributed by atoms with E-state index in [9.17, 15) is 0 Å². The molecule has 100 valence electrons. The lowest BCUT2D eigenvalue weighted by Crippen LogP contribution is -2.24. The molecule has 1 unspecified atom stereocenters. The third-order valence-corrected chi connectivity index (χ3v) is 3.87. The normalized spacial score (nSPS) is 12.4. The van der Waals surface area contributed by atoms with E-state index in [0.29, 0.717) is 0 Å². The second-order valence-corrected chi connectivity index (χ2v) is 5.46. The highest BCUT2D eigenvalue weighted by atomic mass is 79.9. The summed E-state index contributed by atoms with van der Waals surface area (Å²) in [6.45, 7) is 5.10. The highest BCUT2D eigenvalue weighted by Gasteiger charge is 2.14. The van der Waals surface area contributed by atoms with E-state index in [2.05, 4.69) is 63.5 Å². The van der Waals surface area contributed by atoms with Crippen molar-refractivity contribution in [3.8, 4) is 0 Å². The van der Waals surface area contributed by atoms with Crippen molar-refractivity contribution in [1.82, 2.24) is 10.3 Å². The second-order valence-electron chi connectivity index (χ2n) is 4.61. The third kappa shape index (κ3) is 3.88. The van der Waals surface area contributed by atoms with E-state index < -0.39 is 0 Å². The molecule has 2 rings (SSSR count). The molecule has 2 nitrogen and oxygen atoms in total. The summed E-state index contributed by atoms with van der Waals surface area (Å²) >= 11 is 3.61. The average molecular weight is 319 g/mol. The SMILES string of the molecule is CCNC(Cc1ccccc1Br)c1cccc(C)n1. The van der Waals surface area contributed by atoms with Crippen molar-refractivity contribution in [1.29, 1.82) is 0 Å². The summed E-state index contributed by atoms with van der Waals surface area (Å²) in [5.74, 6) is 0. The molecule has 2 aromatic rings. The van der Waals surface area contributed by atoms with Crippen LogP contribution in [0.15, 0.2) is 46.9 Å². The van der Waals surface area contributed by atoms with Crippen LogP contribution < -0.4 is 5.32 Å². The van der Waals surface area contributed by atoms with Gasteiger partial charge in [-0.3, -0.25) is 4.98 Å². The predicted molar refractivity (Wildman–Crippen MR) is 83.2 cm³/mol. The van der Waals surface area contributed by atoms with Crippen LogP contribution in [0.3, 0.4) is 0 Å². The number of hydrogen-bond acceptors (Lipinski definition) is 2. The Morgan fingerprint density at radius 1 is 1.16 bits per heavy atom. The first-order chi connectivity index (χ1) is 9.20. The highest BCUT2D eigenvalue weighted by Crippen LogP contribution is 2.23. The lowest BCUT2D eigenvalue weighted by molar-refractivity contribution is 0.535. The minimum atomic E-state index is 0.253. The van der Waals surface area contributed by atoms with Crippen molar-refractivity contribution in [3.05, 3.63) is 63.9 Å². The van der Waals surface area contributed by atoms with Crippen LogP contribution in [0.2, 0.25) is 0 Å². The zero-order valence-electron chi connectivity index (χ0n) is 11.4. The molecule has 3 heteroatoms. The van der Waals surface area contributed by atoms with E-state index in [0.717, 1.165) is 28.8 Å². The van der Waals surface area contributed by atoms with Gasteiger partial charge in [0.25, 0.3) is 0 Å². The molecule has 0 spiro atoms. The Morgan fingerprint density at radius 2 is 1.95 bits per heavy atom. The van der Waals surface area contributed by atoms with Gasteiger partial charge in [0.15, 0.2) is 0 Å². The maximum absolute atomic E-state index is 4.64. The Morgan fingerprint density at radius 3 is 2.63 bits per heavy atom. The molecule has 0 aliphatic heterocycles. The Kier molecular flexibility index (Phi) is 5.11. The monoisotopic (exact) mass is 318 g/mol. The summed E-state index contributed by atoms with van der Waals surface area (Å²) in [7, 11) is 0. The van der Waals surface area contributed by atoms with Crippen molar-refractivity contribution in [2.24, 2.45) is 0 Å². The molecule has 0 saturated heterocycles. The smallest absolute Gasteiger partial charge is 0.0579 e. The highest BCUT2D eigenvalue weighted by molar-refractivity contribution is 9.10. The molecular formula is C16H19BrN2. The summed E-state index contributed by atoms with van der Waals surface area (Å²) in [6.07, 6.45) is 0.936. The maximum atomic E-state index is 4.64. The average Bonchev–Trinajstić information content (AvgIpc) is 2.40. The Balaban J connectivity index is 2.24. The summed E-state index contributed by atoms with van der Waals surface area (Å²) < 4.78 is 1.16. The molecule has 0 saturated carbocycles. The first kappa shape index (κ1) is 14.2. The van der Waals surface area contributed by atoms with Crippen molar-refractivity contribution in [3.63, 3.8) is 0 Å². The molecule has 1 aromatic heterocycles. The lowest BCUT2D eigenvalue weighted by atomic mass is 10.0. The standard InChI is InChI=1S/C16H19BrN2/c1-3-18-16(15-10-6-7-12(2)19-15)11-13-8-4-5-9-14(13)17/h4-10,16,18H,3,11H2,1-2H3. The number of pyridine rings is 1. The van der Waals surface area contributed by atoms with Gasteiger partial charge in [-0.1, -0.05) is 47.1 Å². The van der Waals surface area contributed by atoms with Gasteiger partial charge in [0.2, 0.25) is 0 Å². The topological polar surface area (TPSA) is 24.9 Å². The van der Waals surface area contributed by atoms with Gasteiger partial charge in [0.1, 0.15) is 0 Å². The zero-order chi connectivity index (χ0) is 13.7. The van der Waals surface area contributed by atoms with Crippen molar-refractivity contribution in [2.45, 2.75) is 26.3 Å². The Labute approximate surface area is 123 Å². The Bertz CT molecular complexity index is 540. The third-order valence-electron chi connectivity index (χ3n) is 3.10. The summed E-state index contributed by atoms with van der Waals surface area (Å²) in [6, 6.07) is 14.8. The fourth-order valence-corrected chi connectivity index (χ4v) is 2.62.